The number of amides is 3. The van der Waals surface area contributed by atoms with Crippen LogP contribution in [-0.4, -0.2) is 24.0 Å². The molecule has 0 spiro atoms. The van der Waals surface area contributed by atoms with Gasteiger partial charge >= 0.3 is 12.0 Å². The topological polar surface area (TPSA) is 98.5 Å². The molecule has 1 atom stereocenters. The summed E-state index contributed by atoms with van der Waals surface area (Å²) in [5.41, 5.74) is 4.60. The second-order valence-corrected chi connectivity index (χ2v) is 4.81. The van der Waals surface area contributed by atoms with Gasteiger partial charge in [0.1, 0.15) is 0 Å². The number of primary amides is 1. The number of benzene rings is 1. The molecule has 0 unspecified atom stereocenters. The van der Waals surface area contributed by atoms with Crippen LogP contribution in [0.15, 0.2) is 12.1 Å². The van der Waals surface area contributed by atoms with Crippen LogP contribution in [0.2, 0.25) is 15.1 Å². The molecule has 0 heterocycles. The number of hydrogen-bond donors (Lipinski definition) is 2. The molecule has 1 aromatic carbocycles. The normalized spacial score (nSPS) is 11.6. The first-order valence-corrected chi connectivity index (χ1v) is 6.32. The molecule has 0 aliphatic rings. The molecular formula is C11H9Cl3N2O4. The molecule has 9 heteroatoms. The van der Waals surface area contributed by atoms with Gasteiger partial charge in [0.05, 0.1) is 20.6 Å². The number of ether oxygens (including phenoxy) is 1. The molecule has 0 aromatic heterocycles. The molecule has 1 rings (SSSR count). The van der Waals surface area contributed by atoms with Crippen molar-refractivity contribution in [2.24, 2.45) is 5.73 Å². The summed E-state index contributed by atoms with van der Waals surface area (Å²) in [5, 5.41) is 1.81. The van der Waals surface area contributed by atoms with E-state index in [-0.39, 0.29) is 20.6 Å². The molecule has 0 aliphatic carbocycles. The van der Waals surface area contributed by atoms with E-state index in [1.807, 2.05) is 0 Å². The predicted molar refractivity (Wildman–Crippen MR) is 74.1 cm³/mol. The lowest BCUT2D eigenvalue weighted by Gasteiger charge is -2.13. The fourth-order valence-electron chi connectivity index (χ4n) is 1.21. The number of halogens is 3. The Kier molecular flexibility index (Phi) is 5.62. The van der Waals surface area contributed by atoms with Crippen molar-refractivity contribution < 1.29 is 19.1 Å². The van der Waals surface area contributed by atoms with Crippen LogP contribution in [0.25, 0.3) is 0 Å². The minimum absolute atomic E-state index is 0.0203. The average molecular weight is 340 g/mol. The van der Waals surface area contributed by atoms with E-state index in [1.165, 1.54) is 19.1 Å². The van der Waals surface area contributed by atoms with E-state index in [0.717, 1.165) is 0 Å². The first-order valence-electron chi connectivity index (χ1n) is 5.18. The summed E-state index contributed by atoms with van der Waals surface area (Å²) in [4.78, 5) is 33.8. The third-order valence-electron chi connectivity index (χ3n) is 2.15. The number of carbonyl (C=O) groups is 3. The maximum Gasteiger partial charge on any atom is 0.342 e. The van der Waals surface area contributed by atoms with Gasteiger partial charge in [-0.2, -0.15) is 0 Å². The Hall–Kier alpha value is -1.50. The Morgan fingerprint density at radius 1 is 1.20 bits per heavy atom. The van der Waals surface area contributed by atoms with Gasteiger partial charge in [0.15, 0.2) is 6.10 Å². The van der Waals surface area contributed by atoms with Crippen molar-refractivity contribution in [2.75, 3.05) is 0 Å². The summed E-state index contributed by atoms with van der Waals surface area (Å²) in [6, 6.07) is 1.71. The number of urea groups is 1. The highest BCUT2D eigenvalue weighted by Gasteiger charge is 2.24. The lowest BCUT2D eigenvalue weighted by molar-refractivity contribution is -0.127. The summed E-state index contributed by atoms with van der Waals surface area (Å²) in [7, 11) is 0. The molecule has 0 saturated carbocycles. The molecule has 0 fully saturated rings. The fourth-order valence-corrected chi connectivity index (χ4v) is 1.89. The molecule has 6 nitrogen and oxygen atoms in total. The van der Waals surface area contributed by atoms with Crippen LogP contribution in [0.1, 0.15) is 17.3 Å². The molecule has 3 N–H and O–H groups in total. The predicted octanol–water partition coefficient (Wildman–Crippen LogP) is 2.39. The van der Waals surface area contributed by atoms with Crippen molar-refractivity contribution >= 4 is 52.7 Å². The molecule has 0 bridgehead atoms. The second kappa shape index (κ2) is 6.78. The van der Waals surface area contributed by atoms with Gasteiger partial charge in [0.2, 0.25) is 0 Å². The zero-order chi connectivity index (χ0) is 15.4. The number of imide groups is 1. The van der Waals surface area contributed by atoms with E-state index in [4.69, 9.17) is 45.3 Å². The number of carbonyl (C=O) groups excluding carboxylic acids is 3. The van der Waals surface area contributed by atoms with Gasteiger partial charge in [0.25, 0.3) is 5.91 Å². The smallest absolute Gasteiger partial charge is 0.342 e. The van der Waals surface area contributed by atoms with Crippen molar-refractivity contribution in [3.63, 3.8) is 0 Å². The Bertz CT molecular complexity index is 577. The maximum absolute atomic E-state index is 11.9. The molecule has 20 heavy (non-hydrogen) atoms. The van der Waals surface area contributed by atoms with Gasteiger partial charge in [-0.3, -0.25) is 10.1 Å². The number of rotatable bonds is 3. The van der Waals surface area contributed by atoms with Crippen molar-refractivity contribution in [1.29, 1.82) is 0 Å². The zero-order valence-corrected chi connectivity index (χ0v) is 12.3. The summed E-state index contributed by atoms with van der Waals surface area (Å²) >= 11 is 17.4. The van der Waals surface area contributed by atoms with Crippen LogP contribution in [0.3, 0.4) is 0 Å². The van der Waals surface area contributed by atoms with Gasteiger partial charge in [-0.05, 0) is 19.1 Å². The number of nitrogens with one attached hydrogen (secondary N) is 1. The molecule has 1 aromatic rings. The molecule has 3 amide bonds. The summed E-state index contributed by atoms with van der Waals surface area (Å²) in [5.74, 6) is -1.82. The first-order chi connectivity index (χ1) is 9.23. The highest BCUT2D eigenvalue weighted by atomic mass is 35.5. The molecule has 0 radical (unpaired) electrons. The van der Waals surface area contributed by atoms with Gasteiger partial charge in [-0.15, -0.1) is 0 Å². The van der Waals surface area contributed by atoms with E-state index in [1.54, 1.807) is 5.32 Å². The van der Waals surface area contributed by atoms with Gasteiger partial charge in [-0.1, -0.05) is 34.8 Å². The minimum Gasteiger partial charge on any atom is -0.449 e. The van der Waals surface area contributed by atoms with E-state index in [2.05, 4.69) is 0 Å². The van der Waals surface area contributed by atoms with Gasteiger partial charge in [0, 0.05) is 0 Å². The van der Waals surface area contributed by atoms with Crippen LogP contribution in [0.4, 0.5) is 4.79 Å². The molecule has 0 aliphatic heterocycles. The highest BCUT2D eigenvalue weighted by Crippen LogP contribution is 2.32. The van der Waals surface area contributed by atoms with E-state index >= 15 is 0 Å². The molecule has 108 valence electrons. The van der Waals surface area contributed by atoms with Gasteiger partial charge in [-0.25, -0.2) is 9.59 Å². The van der Waals surface area contributed by atoms with Crippen molar-refractivity contribution in [2.45, 2.75) is 13.0 Å². The quantitative estimate of drug-likeness (QED) is 0.652. The summed E-state index contributed by atoms with van der Waals surface area (Å²) < 4.78 is 4.83. The number of nitrogens with two attached hydrogens (primary N) is 1. The van der Waals surface area contributed by atoms with E-state index in [9.17, 15) is 14.4 Å². The lowest BCUT2D eigenvalue weighted by atomic mass is 10.2. The van der Waals surface area contributed by atoms with Crippen molar-refractivity contribution in [1.82, 2.24) is 5.32 Å². The summed E-state index contributed by atoms with van der Waals surface area (Å²) in [6.07, 6.45) is -1.26. The molecular weight excluding hydrogens is 330 g/mol. The SMILES string of the molecule is C[C@H](OC(=O)c1c(Cl)ccc(Cl)c1Cl)C(=O)NC(N)=O. The molecule has 0 saturated heterocycles. The third-order valence-corrected chi connectivity index (χ3v) is 3.27. The Morgan fingerprint density at radius 3 is 2.30 bits per heavy atom. The van der Waals surface area contributed by atoms with Crippen LogP contribution in [0.5, 0.6) is 0 Å². The standard InChI is InChI=1S/C11H9Cl3N2O4/c1-4(9(17)16-11(15)19)20-10(18)7-5(12)2-3-6(13)8(7)14/h2-4H,1H3,(H3,15,16,17,19)/t4-/m0/s1. The monoisotopic (exact) mass is 338 g/mol. The number of esters is 1. The first kappa shape index (κ1) is 16.6. The minimum atomic E-state index is -1.26. The Balaban J connectivity index is 2.90. The summed E-state index contributed by atoms with van der Waals surface area (Å²) in [6.45, 7) is 1.25. The van der Waals surface area contributed by atoms with E-state index < -0.39 is 24.0 Å². The van der Waals surface area contributed by atoms with E-state index in [0.29, 0.717) is 0 Å². The highest BCUT2D eigenvalue weighted by molar-refractivity contribution is 6.46. The Labute approximate surface area is 129 Å². The number of hydrogen-bond acceptors (Lipinski definition) is 4. The van der Waals surface area contributed by atoms with Crippen LogP contribution >= 0.6 is 34.8 Å². The third kappa shape index (κ3) is 4.00. The van der Waals surface area contributed by atoms with Crippen LogP contribution in [0, 0.1) is 0 Å². The van der Waals surface area contributed by atoms with Crippen molar-refractivity contribution in [3.8, 4) is 0 Å². The van der Waals surface area contributed by atoms with Gasteiger partial charge < -0.3 is 10.5 Å². The zero-order valence-electron chi connectivity index (χ0n) is 10.1. The average Bonchev–Trinajstić information content (AvgIpc) is 2.33. The second-order valence-electron chi connectivity index (χ2n) is 3.62. The van der Waals surface area contributed by atoms with Crippen LogP contribution in [-0.2, 0) is 9.53 Å². The Morgan fingerprint density at radius 2 is 1.75 bits per heavy atom. The fraction of sp³-hybridized carbons (Fsp3) is 0.182. The largest absolute Gasteiger partial charge is 0.449 e. The van der Waals surface area contributed by atoms with Crippen LogP contribution < -0.4 is 11.1 Å². The lowest BCUT2D eigenvalue weighted by Crippen LogP contribution is -2.42. The maximum atomic E-state index is 11.9. The van der Waals surface area contributed by atoms with Crippen molar-refractivity contribution in [3.05, 3.63) is 32.8 Å².